The van der Waals surface area contributed by atoms with Gasteiger partial charge < -0.3 is 25.0 Å². The number of hydrogen-bond acceptors (Lipinski definition) is 4. The second-order valence-electron chi connectivity index (χ2n) is 7.01. The molecule has 0 spiro atoms. The maximum atomic E-state index is 5.99. The molecule has 0 bridgehead atoms. The van der Waals surface area contributed by atoms with Crippen molar-refractivity contribution in [2.45, 2.75) is 59.6 Å². The average Bonchev–Trinajstić information content (AvgIpc) is 2.70. The minimum absolute atomic E-state index is 0. The van der Waals surface area contributed by atoms with Crippen molar-refractivity contribution >= 4 is 29.9 Å². The van der Waals surface area contributed by atoms with Crippen LogP contribution in [0.2, 0.25) is 0 Å². The van der Waals surface area contributed by atoms with E-state index in [-0.39, 0.29) is 30.1 Å². The second-order valence-corrected chi connectivity index (χ2v) is 7.01. The molecular formula is C22H41IN4O2. The Morgan fingerprint density at radius 3 is 2.34 bits per heavy atom. The normalized spacial score (nSPS) is 13.4. The van der Waals surface area contributed by atoms with Gasteiger partial charge in [-0.25, -0.2) is 4.99 Å². The van der Waals surface area contributed by atoms with Crippen LogP contribution in [0.1, 0.15) is 47.5 Å². The van der Waals surface area contributed by atoms with Crippen LogP contribution in [0.5, 0.6) is 11.5 Å². The second kappa shape index (κ2) is 16.6. The van der Waals surface area contributed by atoms with E-state index in [2.05, 4.69) is 43.2 Å². The van der Waals surface area contributed by atoms with Crippen molar-refractivity contribution < 1.29 is 9.47 Å². The highest BCUT2D eigenvalue weighted by atomic mass is 127. The summed E-state index contributed by atoms with van der Waals surface area (Å²) in [6.07, 6.45) is 2.25. The first-order valence-electron chi connectivity index (χ1n) is 10.6. The van der Waals surface area contributed by atoms with Crippen molar-refractivity contribution in [3.8, 4) is 11.5 Å². The van der Waals surface area contributed by atoms with E-state index in [1.165, 1.54) is 6.42 Å². The minimum atomic E-state index is -0.0512. The van der Waals surface area contributed by atoms with Gasteiger partial charge in [0.25, 0.3) is 0 Å². The van der Waals surface area contributed by atoms with Crippen LogP contribution in [0.4, 0.5) is 0 Å². The molecule has 6 nitrogen and oxygen atoms in total. The third-order valence-electron chi connectivity index (χ3n) is 4.64. The molecule has 2 unspecified atom stereocenters. The number of aliphatic imine (C=N–C) groups is 1. The minimum Gasteiger partial charge on any atom is -0.493 e. The van der Waals surface area contributed by atoms with E-state index in [9.17, 15) is 0 Å². The van der Waals surface area contributed by atoms with E-state index < -0.39 is 0 Å². The van der Waals surface area contributed by atoms with Gasteiger partial charge in [-0.3, -0.25) is 0 Å². The Morgan fingerprint density at radius 1 is 1.10 bits per heavy atom. The van der Waals surface area contributed by atoms with Gasteiger partial charge in [-0.2, -0.15) is 0 Å². The van der Waals surface area contributed by atoms with Gasteiger partial charge in [0.05, 0.1) is 13.7 Å². The van der Waals surface area contributed by atoms with Crippen molar-refractivity contribution in [2.75, 3.05) is 39.8 Å². The summed E-state index contributed by atoms with van der Waals surface area (Å²) in [5.74, 6) is 2.33. The smallest absolute Gasteiger partial charge is 0.191 e. The summed E-state index contributed by atoms with van der Waals surface area (Å²) < 4.78 is 11.3. The Hall–Kier alpha value is -1.22. The number of methoxy groups -OCH3 is 1. The topological polar surface area (TPSA) is 58.1 Å². The summed E-state index contributed by atoms with van der Waals surface area (Å²) in [5, 5.41) is 6.83. The molecule has 29 heavy (non-hydrogen) atoms. The highest BCUT2D eigenvalue weighted by Gasteiger charge is 2.10. The summed E-state index contributed by atoms with van der Waals surface area (Å²) in [4.78, 5) is 7.16. The quantitative estimate of drug-likeness (QED) is 0.233. The monoisotopic (exact) mass is 520 g/mol. The molecular weight excluding hydrogens is 479 g/mol. The number of ether oxygens (including phenoxy) is 2. The zero-order chi connectivity index (χ0) is 20.8. The lowest BCUT2D eigenvalue weighted by Gasteiger charge is -2.21. The summed E-state index contributed by atoms with van der Waals surface area (Å²) >= 11 is 0. The summed E-state index contributed by atoms with van der Waals surface area (Å²) in [6, 6.07) is 8.07. The van der Waals surface area contributed by atoms with Gasteiger partial charge in [-0.05, 0) is 65.4 Å². The Labute approximate surface area is 194 Å². The maximum absolute atomic E-state index is 5.99. The fraction of sp³-hybridized carbons (Fsp3) is 0.682. The van der Waals surface area contributed by atoms with E-state index in [0.29, 0.717) is 12.6 Å². The first kappa shape index (κ1) is 27.8. The molecule has 0 aromatic heterocycles. The number of nitrogens with zero attached hydrogens (tertiary/aromatic N) is 2. The molecule has 0 heterocycles. The number of nitrogens with one attached hydrogen (secondary N) is 2. The number of para-hydroxylation sites is 2. The van der Waals surface area contributed by atoms with Gasteiger partial charge in [-0.1, -0.05) is 26.0 Å². The largest absolute Gasteiger partial charge is 0.493 e. The Kier molecular flexibility index (Phi) is 15.9. The summed E-state index contributed by atoms with van der Waals surface area (Å²) in [7, 11) is 1.65. The van der Waals surface area contributed by atoms with Crippen molar-refractivity contribution in [2.24, 2.45) is 4.99 Å². The SMILES string of the molecule is CCNC(=NCC(C)Oc1ccccc1OC)NC(C)CCCN(CC)CC.I. The lowest BCUT2D eigenvalue weighted by molar-refractivity contribution is 0.219. The van der Waals surface area contributed by atoms with E-state index in [1.807, 2.05) is 31.2 Å². The lowest BCUT2D eigenvalue weighted by atomic mass is 10.2. The number of rotatable bonds is 13. The number of benzene rings is 1. The fourth-order valence-electron chi connectivity index (χ4n) is 2.98. The van der Waals surface area contributed by atoms with Gasteiger partial charge in [0.2, 0.25) is 0 Å². The predicted octanol–water partition coefficient (Wildman–Crippen LogP) is 4.15. The number of halogens is 1. The predicted molar refractivity (Wildman–Crippen MR) is 134 cm³/mol. The zero-order valence-electron chi connectivity index (χ0n) is 19.0. The molecule has 7 heteroatoms. The zero-order valence-corrected chi connectivity index (χ0v) is 21.4. The maximum Gasteiger partial charge on any atom is 0.191 e. The highest BCUT2D eigenvalue weighted by molar-refractivity contribution is 14.0. The van der Waals surface area contributed by atoms with Crippen molar-refractivity contribution in [1.82, 2.24) is 15.5 Å². The van der Waals surface area contributed by atoms with Gasteiger partial charge in [0.15, 0.2) is 17.5 Å². The molecule has 0 saturated heterocycles. The first-order chi connectivity index (χ1) is 13.5. The molecule has 1 aromatic carbocycles. The molecule has 0 amide bonds. The third-order valence-corrected chi connectivity index (χ3v) is 4.64. The average molecular weight is 521 g/mol. The molecule has 1 aromatic rings. The molecule has 0 saturated carbocycles. The van der Waals surface area contributed by atoms with E-state index in [0.717, 1.165) is 50.1 Å². The van der Waals surface area contributed by atoms with Crippen LogP contribution >= 0.6 is 24.0 Å². The van der Waals surface area contributed by atoms with Crippen LogP contribution in [0.15, 0.2) is 29.3 Å². The van der Waals surface area contributed by atoms with E-state index in [1.54, 1.807) is 7.11 Å². The Balaban J connectivity index is 0.00000784. The Morgan fingerprint density at radius 2 is 1.76 bits per heavy atom. The molecule has 0 aliphatic carbocycles. The molecule has 0 aliphatic heterocycles. The molecule has 2 N–H and O–H groups in total. The van der Waals surface area contributed by atoms with Crippen molar-refractivity contribution in [1.29, 1.82) is 0 Å². The molecule has 2 atom stereocenters. The Bertz CT molecular complexity index is 567. The van der Waals surface area contributed by atoms with Crippen LogP contribution in [0.25, 0.3) is 0 Å². The van der Waals surface area contributed by atoms with Crippen molar-refractivity contribution in [3.05, 3.63) is 24.3 Å². The van der Waals surface area contributed by atoms with Gasteiger partial charge in [0.1, 0.15) is 6.10 Å². The van der Waals surface area contributed by atoms with Crippen LogP contribution in [-0.2, 0) is 0 Å². The van der Waals surface area contributed by atoms with Crippen LogP contribution in [-0.4, -0.2) is 62.8 Å². The fourth-order valence-corrected chi connectivity index (χ4v) is 2.98. The molecule has 0 aliphatic rings. The van der Waals surface area contributed by atoms with Crippen molar-refractivity contribution in [3.63, 3.8) is 0 Å². The first-order valence-corrected chi connectivity index (χ1v) is 10.6. The lowest BCUT2D eigenvalue weighted by Crippen LogP contribution is -2.43. The third kappa shape index (κ3) is 11.5. The van der Waals surface area contributed by atoms with Crippen LogP contribution in [0.3, 0.4) is 0 Å². The highest BCUT2D eigenvalue weighted by Crippen LogP contribution is 2.26. The van der Waals surface area contributed by atoms with Crippen LogP contribution < -0.4 is 20.1 Å². The van der Waals surface area contributed by atoms with Crippen LogP contribution in [0, 0.1) is 0 Å². The summed E-state index contributed by atoms with van der Waals surface area (Å²) in [6.45, 7) is 15.5. The van der Waals surface area contributed by atoms with Gasteiger partial charge in [0, 0.05) is 12.6 Å². The standard InChI is InChI=1S/C22H40N4O2.HI/c1-7-23-22(25-18(4)13-12-16-26(8-2)9-3)24-17-19(5)28-21-15-11-10-14-20(21)27-6;/h10-11,14-15,18-19H,7-9,12-13,16-17H2,1-6H3,(H2,23,24,25);1H. The molecule has 168 valence electrons. The number of guanidine groups is 1. The number of hydrogen-bond donors (Lipinski definition) is 2. The molecule has 0 radical (unpaired) electrons. The molecule has 0 fully saturated rings. The van der Waals surface area contributed by atoms with E-state index >= 15 is 0 Å². The molecule has 1 rings (SSSR count). The van der Waals surface area contributed by atoms with Gasteiger partial charge in [-0.15, -0.1) is 24.0 Å². The summed E-state index contributed by atoms with van der Waals surface area (Å²) in [5.41, 5.74) is 0. The van der Waals surface area contributed by atoms with E-state index in [4.69, 9.17) is 14.5 Å². The van der Waals surface area contributed by atoms with Gasteiger partial charge >= 0.3 is 0 Å².